The Morgan fingerprint density at radius 2 is 2.28 bits per heavy atom. The number of carbonyl (C=O) groups is 1. The van der Waals surface area contributed by atoms with Gasteiger partial charge in [-0.2, -0.15) is 5.26 Å². The van der Waals surface area contributed by atoms with Crippen molar-refractivity contribution in [3.05, 3.63) is 46.3 Å². The van der Waals surface area contributed by atoms with Crippen LogP contribution in [0, 0.1) is 11.3 Å². The van der Waals surface area contributed by atoms with E-state index in [1.807, 2.05) is 23.6 Å². The van der Waals surface area contributed by atoms with Gasteiger partial charge in [0, 0.05) is 5.69 Å². The average Bonchev–Trinajstić information content (AvgIpc) is 3.23. The standard InChI is InChI=1S/C15H11ClN6OS2/c16-11-6-10(4-3-9(11)7-17)19-13(23)8-25-15-21-20-14(22(15)18)12-2-1-5-24-12/h1-6H,8,18H2,(H,19,23). The third-order valence-electron chi connectivity index (χ3n) is 3.11. The zero-order chi connectivity index (χ0) is 17.8. The van der Waals surface area contributed by atoms with Crippen LogP contribution in [0.1, 0.15) is 5.56 Å². The lowest BCUT2D eigenvalue weighted by atomic mass is 10.2. The molecule has 25 heavy (non-hydrogen) atoms. The van der Waals surface area contributed by atoms with E-state index in [0.717, 1.165) is 4.88 Å². The lowest BCUT2D eigenvalue weighted by Crippen LogP contribution is -2.16. The monoisotopic (exact) mass is 390 g/mol. The number of nitrogens with two attached hydrogens (primary N) is 1. The second-order valence-electron chi connectivity index (χ2n) is 4.80. The zero-order valence-corrected chi connectivity index (χ0v) is 15.0. The van der Waals surface area contributed by atoms with Gasteiger partial charge in [-0.1, -0.05) is 29.4 Å². The summed E-state index contributed by atoms with van der Waals surface area (Å²) in [5.41, 5.74) is 0.870. The first-order valence-corrected chi connectivity index (χ1v) is 9.19. The number of nitrogen functional groups attached to an aromatic ring is 1. The minimum Gasteiger partial charge on any atom is -0.335 e. The smallest absolute Gasteiger partial charge is 0.234 e. The first-order chi connectivity index (χ1) is 12.1. The van der Waals surface area contributed by atoms with Crippen LogP contribution in [0.2, 0.25) is 5.02 Å². The van der Waals surface area contributed by atoms with E-state index in [0.29, 0.717) is 22.2 Å². The van der Waals surface area contributed by atoms with Gasteiger partial charge in [0.05, 0.1) is 21.2 Å². The lowest BCUT2D eigenvalue weighted by molar-refractivity contribution is -0.113. The van der Waals surface area contributed by atoms with Crippen LogP contribution in [-0.4, -0.2) is 26.5 Å². The summed E-state index contributed by atoms with van der Waals surface area (Å²) in [6, 6.07) is 10.5. The van der Waals surface area contributed by atoms with Gasteiger partial charge < -0.3 is 11.2 Å². The zero-order valence-electron chi connectivity index (χ0n) is 12.6. The molecule has 1 amide bonds. The fourth-order valence-corrected chi connectivity index (χ4v) is 3.54. The normalized spacial score (nSPS) is 10.4. The summed E-state index contributed by atoms with van der Waals surface area (Å²) in [5.74, 6) is 6.40. The predicted molar refractivity (Wildman–Crippen MR) is 99.0 cm³/mol. The Balaban J connectivity index is 1.61. The number of hydrogen-bond donors (Lipinski definition) is 2. The second-order valence-corrected chi connectivity index (χ2v) is 7.09. The molecule has 3 aromatic rings. The van der Waals surface area contributed by atoms with Crippen molar-refractivity contribution in [1.29, 1.82) is 5.26 Å². The molecule has 0 atom stereocenters. The number of carbonyl (C=O) groups excluding carboxylic acids is 1. The highest BCUT2D eigenvalue weighted by Gasteiger charge is 2.14. The summed E-state index contributed by atoms with van der Waals surface area (Å²) >= 11 is 8.62. The molecule has 10 heteroatoms. The maximum atomic E-state index is 12.1. The first-order valence-electron chi connectivity index (χ1n) is 6.95. The number of nitriles is 1. The molecule has 0 saturated heterocycles. The molecular formula is C15H11ClN6OS2. The Bertz CT molecular complexity index is 948. The molecule has 0 fully saturated rings. The van der Waals surface area contributed by atoms with Crippen LogP contribution in [0.3, 0.4) is 0 Å². The van der Waals surface area contributed by atoms with Crippen molar-refractivity contribution < 1.29 is 4.79 Å². The van der Waals surface area contributed by atoms with Gasteiger partial charge in [-0.15, -0.1) is 21.5 Å². The quantitative estimate of drug-likeness (QED) is 0.512. The predicted octanol–water partition coefficient (Wildman–Crippen LogP) is 2.98. The fraction of sp³-hybridized carbons (Fsp3) is 0.0667. The van der Waals surface area contributed by atoms with Crippen LogP contribution >= 0.6 is 34.7 Å². The highest BCUT2D eigenvalue weighted by Crippen LogP contribution is 2.25. The summed E-state index contributed by atoms with van der Waals surface area (Å²) in [7, 11) is 0. The number of aromatic nitrogens is 3. The Hall–Kier alpha value is -2.54. The van der Waals surface area contributed by atoms with Gasteiger partial charge in [0.25, 0.3) is 0 Å². The number of rotatable bonds is 5. The van der Waals surface area contributed by atoms with Gasteiger partial charge in [-0.25, -0.2) is 4.68 Å². The second kappa shape index (κ2) is 7.57. The van der Waals surface area contributed by atoms with Gasteiger partial charge in [-0.05, 0) is 29.6 Å². The Kier molecular flexibility index (Phi) is 5.23. The van der Waals surface area contributed by atoms with Crippen LogP contribution in [0.4, 0.5) is 5.69 Å². The Morgan fingerprint density at radius 1 is 1.44 bits per heavy atom. The summed E-state index contributed by atoms with van der Waals surface area (Å²) in [6.45, 7) is 0. The molecule has 0 aliphatic rings. The summed E-state index contributed by atoms with van der Waals surface area (Å²) in [4.78, 5) is 13.0. The largest absolute Gasteiger partial charge is 0.335 e. The molecule has 0 radical (unpaired) electrons. The number of halogens is 1. The number of nitrogens with one attached hydrogen (secondary N) is 1. The maximum absolute atomic E-state index is 12.1. The Labute approximate surface area is 156 Å². The summed E-state index contributed by atoms with van der Waals surface area (Å²) < 4.78 is 1.36. The van der Waals surface area contributed by atoms with Crippen LogP contribution in [0.25, 0.3) is 10.7 Å². The van der Waals surface area contributed by atoms with Crippen molar-refractivity contribution in [2.24, 2.45) is 0 Å². The third-order valence-corrected chi connectivity index (χ3v) is 5.23. The molecule has 2 heterocycles. The van der Waals surface area contributed by atoms with Gasteiger partial charge in [0.1, 0.15) is 6.07 Å². The molecule has 0 aliphatic heterocycles. The first kappa shape index (κ1) is 17.3. The van der Waals surface area contributed by atoms with E-state index in [9.17, 15) is 4.79 Å². The van der Waals surface area contributed by atoms with Crippen LogP contribution in [-0.2, 0) is 4.79 Å². The van der Waals surface area contributed by atoms with E-state index < -0.39 is 0 Å². The van der Waals surface area contributed by atoms with Crippen molar-refractivity contribution in [3.63, 3.8) is 0 Å². The molecule has 3 N–H and O–H groups in total. The molecular weight excluding hydrogens is 380 g/mol. The molecule has 1 aromatic carbocycles. The van der Waals surface area contributed by atoms with E-state index in [-0.39, 0.29) is 16.7 Å². The Morgan fingerprint density at radius 3 is 2.96 bits per heavy atom. The van der Waals surface area contributed by atoms with E-state index in [1.54, 1.807) is 12.1 Å². The number of thioether (sulfide) groups is 1. The van der Waals surface area contributed by atoms with Gasteiger partial charge >= 0.3 is 0 Å². The van der Waals surface area contributed by atoms with Crippen LogP contribution in [0.5, 0.6) is 0 Å². The SMILES string of the molecule is N#Cc1ccc(NC(=O)CSc2nnc(-c3cccs3)n2N)cc1Cl. The van der Waals surface area contributed by atoms with Crippen molar-refractivity contribution in [3.8, 4) is 16.8 Å². The number of nitrogens with zero attached hydrogens (tertiary/aromatic N) is 4. The van der Waals surface area contributed by atoms with Gasteiger partial charge in [0.15, 0.2) is 5.82 Å². The maximum Gasteiger partial charge on any atom is 0.234 e. The number of hydrogen-bond acceptors (Lipinski definition) is 7. The number of benzene rings is 1. The average molecular weight is 391 g/mol. The van der Waals surface area contributed by atoms with E-state index in [1.165, 1.54) is 33.8 Å². The molecule has 7 nitrogen and oxygen atoms in total. The number of thiophene rings is 1. The minimum absolute atomic E-state index is 0.109. The molecule has 2 aromatic heterocycles. The number of amides is 1. The van der Waals surface area contributed by atoms with Gasteiger partial charge in [0.2, 0.25) is 11.1 Å². The van der Waals surface area contributed by atoms with E-state index in [2.05, 4.69) is 15.5 Å². The fourth-order valence-electron chi connectivity index (χ4n) is 1.96. The third kappa shape index (κ3) is 3.93. The summed E-state index contributed by atoms with van der Waals surface area (Å²) in [6.07, 6.45) is 0. The highest BCUT2D eigenvalue weighted by atomic mass is 35.5. The lowest BCUT2D eigenvalue weighted by Gasteiger charge is -2.06. The van der Waals surface area contributed by atoms with Crippen molar-refractivity contribution in [2.45, 2.75) is 5.16 Å². The molecule has 0 unspecified atom stereocenters. The minimum atomic E-state index is -0.244. The van der Waals surface area contributed by atoms with Crippen LogP contribution in [0.15, 0.2) is 40.9 Å². The highest BCUT2D eigenvalue weighted by molar-refractivity contribution is 7.99. The molecule has 0 spiro atoms. The van der Waals surface area contributed by atoms with Crippen LogP contribution < -0.4 is 11.2 Å². The van der Waals surface area contributed by atoms with Crippen molar-refractivity contribution in [2.75, 3.05) is 16.9 Å². The van der Waals surface area contributed by atoms with E-state index in [4.69, 9.17) is 22.7 Å². The van der Waals surface area contributed by atoms with Gasteiger partial charge in [-0.3, -0.25) is 4.79 Å². The topological polar surface area (TPSA) is 110 Å². The van der Waals surface area contributed by atoms with E-state index >= 15 is 0 Å². The molecule has 0 bridgehead atoms. The number of anilines is 1. The molecule has 0 saturated carbocycles. The molecule has 126 valence electrons. The summed E-state index contributed by atoms with van der Waals surface area (Å²) in [5, 5.41) is 22.3. The molecule has 0 aliphatic carbocycles. The van der Waals surface area contributed by atoms with Crippen molar-refractivity contribution >= 4 is 46.3 Å². The molecule has 3 rings (SSSR count). The van der Waals surface area contributed by atoms with Crippen molar-refractivity contribution in [1.82, 2.24) is 14.9 Å².